The zero-order valence-electron chi connectivity index (χ0n) is 22.6. The highest BCUT2D eigenvalue weighted by atomic mass is 32.1. The smallest absolute Gasteiger partial charge is 0.326 e. The van der Waals surface area contributed by atoms with Crippen molar-refractivity contribution < 1.29 is 24.3 Å². The van der Waals surface area contributed by atoms with Crippen molar-refractivity contribution in [2.75, 3.05) is 5.32 Å². The largest absolute Gasteiger partial charge is 0.480 e. The zero-order valence-corrected chi connectivity index (χ0v) is 23.4. The Morgan fingerprint density at radius 1 is 1.00 bits per heavy atom. The average Bonchev–Trinajstić information content (AvgIpc) is 3.72. The van der Waals surface area contributed by atoms with Crippen molar-refractivity contribution in [2.45, 2.75) is 32.4 Å². The first kappa shape index (κ1) is 28.2. The highest BCUT2D eigenvalue weighted by molar-refractivity contribution is 7.19. The number of fused-ring (bicyclic) bond motifs is 1. The molecule has 0 spiro atoms. The molecule has 3 aromatic heterocycles. The molecule has 13 heteroatoms. The number of benzene rings is 2. The number of aryl methyl sites for hydroxylation is 1. The number of nitrogens with zero attached hydrogens (tertiary/aromatic N) is 2. The number of nitrogens with one attached hydrogen (secondary N) is 5. The number of H-pyrrole nitrogens is 2. The van der Waals surface area contributed by atoms with E-state index in [1.54, 1.807) is 37.4 Å². The topological polar surface area (TPSA) is 182 Å². The number of aromatic amines is 2. The summed E-state index contributed by atoms with van der Waals surface area (Å²) >= 11 is 1.22. The quantitative estimate of drug-likeness (QED) is 0.145. The third-order valence-electron chi connectivity index (χ3n) is 6.56. The van der Waals surface area contributed by atoms with Crippen LogP contribution in [0.15, 0.2) is 66.9 Å². The maximum atomic E-state index is 12.9. The Bertz CT molecular complexity index is 1780. The van der Waals surface area contributed by atoms with E-state index in [-0.39, 0.29) is 18.0 Å². The number of hydrogen-bond donors (Lipinski definition) is 6. The first-order chi connectivity index (χ1) is 20.2. The fourth-order valence-electron chi connectivity index (χ4n) is 4.37. The van der Waals surface area contributed by atoms with Gasteiger partial charge < -0.3 is 20.7 Å². The van der Waals surface area contributed by atoms with Crippen LogP contribution < -0.4 is 16.0 Å². The minimum absolute atomic E-state index is 0.0286. The van der Waals surface area contributed by atoms with E-state index in [0.29, 0.717) is 27.0 Å². The summed E-state index contributed by atoms with van der Waals surface area (Å²) < 4.78 is 0. The van der Waals surface area contributed by atoms with Gasteiger partial charge in [0.1, 0.15) is 12.1 Å². The lowest BCUT2D eigenvalue weighted by atomic mass is 10.0. The second kappa shape index (κ2) is 12.1. The summed E-state index contributed by atoms with van der Waals surface area (Å²) in [5, 5.41) is 25.7. The molecule has 3 amide bonds. The summed E-state index contributed by atoms with van der Waals surface area (Å²) in [6.45, 7) is 3.23. The molecule has 5 rings (SSSR count). The minimum atomic E-state index is -1.20. The van der Waals surface area contributed by atoms with Crippen LogP contribution in [0.25, 0.3) is 21.5 Å². The van der Waals surface area contributed by atoms with Gasteiger partial charge in [-0.2, -0.15) is 5.10 Å². The van der Waals surface area contributed by atoms with E-state index >= 15 is 0 Å². The Balaban J connectivity index is 1.20. The monoisotopic (exact) mass is 585 g/mol. The lowest BCUT2D eigenvalue weighted by Gasteiger charge is -2.18. The Kier molecular flexibility index (Phi) is 8.11. The van der Waals surface area contributed by atoms with Crippen LogP contribution in [0.1, 0.15) is 39.0 Å². The number of carbonyl (C=O) groups is 4. The Morgan fingerprint density at radius 2 is 1.74 bits per heavy atom. The van der Waals surface area contributed by atoms with Gasteiger partial charge in [-0.05, 0) is 43.7 Å². The summed E-state index contributed by atoms with van der Waals surface area (Å²) in [6, 6.07) is 15.5. The van der Waals surface area contributed by atoms with Crippen molar-refractivity contribution >= 4 is 51.1 Å². The number of carboxylic acid groups (broad SMARTS) is 1. The van der Waals surface area contributed by atoms with Crippen molar-refractivity contribution in [3.05, 3.63) is 89.4 Å². The highest BCUT2D eigenvalue weighted by Crippen LogP contribution is 2.32. The number of aromatic nitrogens is 4. The first-order valence-corrected chi connectivity index (χ1v) is 13.8. The number of aliphatic carboxylic acids is 1. The standard InChI is InChI=1S/C29H27N7O5S/c1-15-24(42-29(32-15)34-26(38)17-8-4-3-5-9-17)21-13-22(36-35-21)27(39)31-16(2)25(37)33-23(28(40)41)12-18-14-30-20-11-7-6-10-19(18)20/h3-11,13-14,16,23,30H,12H2,1-2H3,(H,31,39)(H,33,37)(H,35,36)(H,40,41)(H,32,34,38)/t16-,23-/m0/s1. The maximum Gasteiger partial charge on any atom is 0.326 e. The molecule has 0 fully saturated rings. The predicted molar refractivity (Wildman–Crippen MR) is 157 cm³/mol. The normalized spacial score (nSPS) is 12.4. The number of para-hydroxylation sites is 1. The van der Waals surface area contributed by atoms with Crippen LogP contribution in [0.4, 0.5) is 5.13 Å². The van der Waals surface area contributed by atoms with E-state index in [9.17, 15) is 24.3 Å². The van der Waals surface area contributed by atoms with Crippen molar-refractivity contribution in [3.63, 3.8) is 0 Å². The lowest BCUT2D eigenvalue weighted by Crippen LogP contribution is -2.51. The molecular formula is C29H27N7O5S. The molecule has 42 heavy (non-hydrogen) atoms. The van der Waals surface area contributed by atoms with Crippen LogP contribution in [0.5, 0.6) is 0 Å². The van der Waals surface area contributed by atoms with Gasteiger partial charge >= 0.3 is 5.97 Å². The third-order valence-corrected chi connectivity index (χ3v) is 7.67. The van der Waals surface area contributed by atoms with Gasteiger partial charge in [-0.3, -0.25) is 24.8 Å². The van der Waals surface area contributed by atoms with Gasteiger partial charge in [0.2, 0.25) is 5.91 Å². The predicted octanol–water partition coefficient (Wildman–Crippen LogP) is 3.51. The molecular weight excluding hydrogens is 558 g/mol. The van der Waals surface area contributed by atoms with E-state index in [4.69, 9.17) is 0 Å². The van der Waals surface area contributed by atoms with Crippen LogP contribution in [0.2, 0.25) is 0 Å². The molecule has 12 nitrogen and oxygen atoms in total. The number of amides is 3. The van der Waals surface area contributed by atoms with Crippen LogP contribution >= 0.6 is 11.3 Å². The van der Waals surface area contributed by atoms with Crippen molar-refractivity contribution in [3.8, 4) is 10.6 Å². The molecule has 0 bridgehead atoms. The average molecular weight is 586 g/mol. The van der Waals surface area contributed by atoms with Crippen LogP contribution in [0, 0.1) is 6.92 Å². The van der Waals surface area contributed by atoms with Gasteiger partial charge in [-0.1, -0.05) is 47.7 Å². The van der Waals surface area contributed by atoms with Crippen LogP contribution in [0.3, 0.4) is 0 Å². The maximum absolute atomic E-state index is 12.9. The highest BCUT2D eigenvalue weighted by Gasteiger charge is 2.26. The molecule has 0 aliphatic carbocycles. The molecule has 0 aliphatic heterocycles. The summed E-state index contributed by atoms with van der Waals surface area (Å²) in [4.78, 5) is 58.2. The van der Waals surface area contributed by atoms with Crippen molar-refractivity contribution in [1.82, 2.24) is 30.8 Å². The summed E-state index contributed by atoms with van der Waals surface area (Å²) in [7, 11) is 0. The first-order valence-electron chi connectivity index (χ1n) is 13.0. The Hall–Kier alpha value is -5.30. The molecule has 0 saturated heterocycles. The molecule has 3 heterocycles. The number of carboxylic acids is 1. The van der Waals surface area contributed by atoms with Crippen molar-refractivity contribution in [2.24, 2.45) is 0 Å². The van der Waals surface area contributed by atoms with Crippen LogP contribution in [-0.2, 0) is 16.0 Å². The SMILES string of the molecule is Cc1nc(NC(=O)c2ccccc2)sc1-c1cc(C(=O)N[C@@H](C)C(=O)N[C@@H](Cc2c[nH]c3ccccc23)C(=O)O)n[nH]1. The van der Waals surface area contributed by atoms with Crippen LogP contribution in [-0.4, -0.2) is 61.0 Å². The number of hydrogen-bond acceptors (Lipinski definition) is 7. The van der Waals surface area contributed by atoms with Gasteiger partial charge in [0.15, 0.2) is 10.8 Å². The van der Waals surface area contributed by atoms with Gasteiger partial charge in [-0.15, -0.1) is 0 Å². The fourth-order valence-corrected chi connectivity index (χ4v) is 5.29. The Morgan fingerprint density at radius 3 is 2.50 bits per heavy atom. The molecule has 5 aromatic rings. The van der Waals surface area contributed by atoms with Crippen molar-refractivity contribution in [1.29, 1.82) is 0 Å². The molecule has 6 N–H and O–H groups in total. The van der Waals surface area contributed by atoms with E-state index in [1.165, 1.54) is 24.3 Å². The third kappa shape index (κ3) is 6.20. The number of rotatable bonds is 10. The molecule has 0 unspecified atom stereocenters. The minimum Gasteiger partial charge on any atom is -0.480 e. The summed E-state index contributed by atoms with van der Waals surface area (Å²) in [6.07, 6.45) is 1.79. The summed E-state index contributed by atoms with van der Waals surface area (Å²) in [5.41, 5.74) is 3.28. The number of carbonyl (C=O) groups excluding carboxylic acids is 3. The summed E-state index contributed by atoms with van der Waals surface area (Å²) in [5.74, 6) is -2.75. The molecule has 0 saturated carbocycles. The van der Waals surface area contributed by atoms with Gasteiger partial charge in [0, 0.05) is 29.1 Å². The molecule has 2 aromatic carbocycles. The second-order valence-electron chi connectivity index (χ2n) is 9.58. The van der Waals surface area contributed by atoms with Gasteiger partial charge in [-0.25, -0.2) is 9.78 Å². The van der Waals surface area contributed by atoms with Gasteiger partial charge in [0.25, 0.3) is 11.8 Å². The van der Waals surface area contributed by atoms with E-state index in [0.717, 1.165) is 16.5 Å². The number of thiazole rings is 1. The molecule has 2 atom stereocenters. The van der Waals surface area contributed by atoms with E-state index in [2.05, 4.69) is 36.1 Å². The van der Waals surface area contributed by atoms with E-state index < -0.39 is 29.9 Å². The fraction of sp³-hybridized carbons (Fsp3) is 0.172. The molecule has 214 valence electrons. The lowest BCUT2D eigenvalue weighted by molar-refractivity contribution is -0.142. The van der Waals surface area contributed by atoms with E-state index in [1.807, 2.05) is 30.3 Å². The number of anilines is 1. The second-order valence-corrected chi connectivity index (χ2v) is 10.6. The van der Waals surface area contributed by atoms with Gasteiger partial charge in [0.05, 0.1) is 16.3 Å². The zero-order chi connectivity index (χ0) is 29.8. The molecule has 0 aliphatic rings. The Labute approximate surface area is 243 Å². The molecule has 0 radical (unpaired) electrons.